The summed E-state index contributed by atoms with van der Waals surface area (Å²) in [5, 5.41) is 0.807. The molecular weight excluding hydrogens is 491 g/mol. The van der Waals surface area contributed by atoms with Crippen LogP contribution in [-0.2, 0) is 19.2 Å². The van der Waals surface area contributed by atoms with E-state index in [0.717, 1.165) is 25.7 Å². The summed E-state index contributed by atoms with van der Waals surface area (Å²) in [5.74, 6) is -1.90. The number of amides is 3. The lowest BCUT2D eigenvalue weighted by Crippen LogP contribution is -2.31. The third kappa shape index (κ3) is 4.32. The molecule has 2 saturated heterocycles. The van der Waals surface area contributed by atoms with E-state index in [1.807, 2.05) is 0 Å². The van der Waals surface area contributed by atoms with Crippen LogP contribution in [0.5, 0.6) is 5.75 Å². The molecule has 2 aromatic carbocycles. The van der Waals surface area contributed by atoms with Crippen molar-refractivity contribution >= 4 is 58.3 Å². The number of aryl methyl sites for hydroxylation is 1. The molecule has 2 aliphatic heterocycles. The lowest BCUT2D eigenvalue weighted by molar-refractivity contribution is -0.139. The van der Waals surface area contributed by atoms with Gasteiger partial charge in [-0.25, -0.2) is 4.90 Å². The van der Waals surface area contributed by atoms with Gasteiger partial charge in [0.1, 0.15) is 5.75 Å². The topological polar surface area (TPSA) is 84.0 Å². The number of anilines is 2. The van der Waals surface area contributed by atoms with Crippen LogP contribution in [0.1, 0.15) is 37.7 Å². The minimum atomic E-state index is -0.664. The van der Waals surface area contributed by atoms with E-state index in [-0.39, 0.29) is 42.5 Å². The summed E-state index contributed by atoms with van der Waals surface area (Å²) in [7, 11) is 0. The van der Waals surface area contributed by atoms with Gasteiger partial charge in [0, 0.05) is 18.0 Å². The Morgan fingerprint density at radius 1 is 0.943 bits per heavy atom. The fourth-order valence-corrected chi connectivity index (χ4v) is 5.72. The van der Waals surface area contributed by atoms with E-state index in [4.69, 9.17) is 27.9 Å². The fourth-order valence-electron chi connectivity index (χ4n) is 5.33. The predicted molar refractivity (Wildman–Crippen MR) is 132 cm³/mol. The smallest absolute Gasteiger partial charge is 0.316 e. The van der Waals surface area contributed by atoms with E-state index in [2.05, 4.69) is 0 Å². The van der Waals surface area contributed by atoms with Crippen LogP contribution in [0, 0.1) is 24.7 Å². The first-order chi connectivity index (χ1) is 16.7. The van der Waals surface area contributed by atoms with Crippen molar-refractivity contribution in [2.45, 2.75) is 39.0 Å². The molecule has 0 spiro atoms. The van der Waals surface area contributed by atoms with Crippen LogP contribution in [0.15, 0.2) is 36.4 Å². The van der Waals surface area contributed by atoms with Crippen LogP contribution in [0.3, 0.4) is 0 Å². The average molecular weight is 515 g/mol. The Bertz CT molecular complexity index is 1220. The summed E-state index contributed by atoms with van der Waals surface area (Å²) in [6, 6.07) is 9.68. The van der Waals surface area contributed by atoms with Crippen molar-refractivity contribution in [1.29, 1.82) is 0 Å². The van der Waals surface area contributed by atoms with E-state index in [9.17, 15) is 19.2 Å². The zero-order valence-electron chi connectivity index (χ0n) is 19.1. The molecule has 5 rings (SSSR count). The van der Waals surface area contributed by atoms with E-state index >= 15 is 0 Å². The molecule has 35 heavy (non-hydrogen) atoms. The number of hydrogen-bond acceptors (Lipinski definition) is 5. The number of nitrogens with zero attached hydrogens (tertiary/aromatic N) is 2. The number of halogens is 2. The fraction of sp³-hybridized carbons (Fsp3) is 0.385. The van der Waals surface area contributed by atoms with Crippen molar-refractivity contribution in [3.63, 3.8) is 0 Å². The van der Waals surface area contributed by atoms with Crippen molar-refractivity contribution in [3.8, 4) is 5.75 Å². The summed E-state index contributed by atoms with van der Waals surface area (Å²) < 4.78 is 5.57. The molecular formula is C26H24Cl2N2O5. The molecule has 1 aliphatic carbocycles. The molecule has 3 fully saturated rings. The Morgan fingerprint density at radius 3 is 2.29 bits per heavy atom. The number of benzene rings is 2. The zero-order valence-corrected chi connectivity index (χ0v) is 20.6. The van der Waals surface area contributed by atoms with Crippen LogP contribution in [0.2, 0.25) is 10.0 Å². The van der Waals surface area contributed by atoms with Gasteiger partial charge in [-0.2, -0.15) is 0 Å². The molecule has 3 amide bonds. The standard InChI is InChI=1S/C26H24Cl2N2O5/c1-14-10-17(7-9-21(14)30-24(32)18-4-2-3-5-19(18)25(30)33)35-26(34)15-11-23(31)29(13-15)22-12-16(27)6-8-20(22)28/h6-10,12,15,18-19H,2-5,11,13H2,1H3/t15-,18-,19-/m1/s1. The van der Waals surface area contributed by atoms with E-state index < -0.39 is 11.9 Å². The van der Waals surface area contributed by atoms with Crippen molar-refractivity contribution in [3.05, 3.63) is 52.0 Å². The van der Waals surface area contributed by atoms with Gasteiger partial charge in [0.25, 0.3) is 0 Å². The van der Waals surface area contributed by atoms with Gasteiger partial charge >= 0.3 is 5.97 Å². The molecule has 3 atom stereocenters. The average Bonchev–Trinajstić information content (AvgIpc) is 3.34. The first-order valence-corrected chi connectivity index (χ1v) is 12.5. The highest BCUT2D eigenvalue weighted by Gasteiger charge is 2.49. The lowest BCUT2D eigenvalue weighted by atomic mass is 9.81. The molecule has 0 radical (unpaired) electrons. The summed E-state index contributed by atoms with van der Waals surface area (Å²) in [4.78, 5) is 54.0. The molecule has 7 nitrogen and oxygen atoms in total. The highest BCUT2D eigenvalue weighted by atomic mass is 35.5. The first kappa shape index (κ1) is 23.8. The van der Waals surface area contributed by atoms with Crippen LogP contribution in [0.25, 0.3) is 0 Å². The first-order valence-electron chi connectivity index (χ1n) is 11.7. The quantitative estimate of drug-likeness (QED) is 0.327. The largest absolute Gasteiger partial charge is 0.426 e. The molecule has 0 bridgehead atoms. The monoisotopic (exact) mass is 514 g/mol. The van der Waals surface area contributed by atoms with Crippen molar-refractivity contribution in [2.75, 3.05) is 16.3 Å². The van der Waals surface area contributed by atoms with E-state index in [1.165, 1.54) is 9.80 Å². The maximum Gasteiger partial charge on any atom is 0.316 e. The number of fused-ring (bicyclic) bond motifs is 1. The molecule has 182 valence electrons. The lowest BCUT2D eigenvalue weighted by Gasteiger charge is -2.19. The highest BCUT2D eigenvalue weighted by Crippen LogP contribution is 2.41. The second kappa shape index (κ2) is 9.28. The number of rotatable bonds is 4. The summed E-state index contributed by atoms with van der Waals surface area (Å²) in [6.07, 6.45) is 3.42. The summed E-state index contributed by atoms with van der Waals surface area (Å²) in [6.45, 7) is 1.91. The Hall–Kier alpha value is -2.90. The zero-order chi connectivity index (χ0) is 24.9. The second-order valence-electron chi connectivity index (χ2n) is 9.38. The Balaban J connectivity index is 1.29. The number of carbonyl (C=O) groups excluding carboxylic acids is 4. The van der Waals surface area contributed by atoms with Crippen molar-refractivity contribution < 1.29 is 23.9 Å². The van der Waals surface area contributed by atoms with Gasteiger partial charge in [0.15, 0.2) is 0 Å². The van der Waals surface area contributed by atoms with Gasteiger partial charge in [0.05, 0.1) is 34.2 Å². The van der Waals surface area contributed by atoms with E-state index in [1.54, 1.807) is 43.3 Å². The van der Waals surface area contributed by atoms with E-state index in [0.29, 0.717) is 32.7 Å². The van der Waals surface area contributed by atoms with Crippen LogP contribution in [0.4, 0.5) is 11.4 Å². The van der Waals surface area contributed by atoms with Gasteiger partial charge in [-0.3, -0.25) is 19.2 Å². The molecule has 1 saturated carbocycles. The summed E-state index contributed by atoms with van der Waals surface area (Å²) >= 11 is 12.3. The number of imide groups is 1. The molecule has 2 heterocycles. The third-order valence-corrected chi connectivity index (χ3v) is 7.68. The minimum Gasteiger partial charge on any atom is -0.426 e. The highest BCUT2D eigenvalue weighted by molar-refractivity contribution is 6.36. The third-order valence-electron chi connectivity index (χ3n) is 7.13. The van der Waals surface area contributed by atoms with Crippen LogP contribution >= 0.6 is 23.2 Å². The van der Waals surface area contributed by atoms with Gasteiger partial charge in [-0.15, -0.1) is 0 Å². The van der Waals surface area contributed by atoms with Gasteiger partial charge < -0.3 is 9.64 Å². The molecule has 0 aromatic heterocycles. The van der Waals surface area contributed by atoms with Gasteiger partial charge in [0.2, 0.25) is 17.7 Å². The van der Waals surface area contributed by atoms with Gasteiger partial charge in [-0.05, 0) is 61.7 Å². The van der Waals surface area contributed by atoms with Gasteiger partial charge in [-0.1, -0.05) is 36.0 Å². The Morgan fingerprint density at radius 2 is 1.63 bits per heavy atom. The molecule has 2 aromatic rings. The summed E-state index contributed by atoms with van der Waals surface area (Å²) in [5.41, 5.74) is 1.64. The van der Waals surface area contributed by atoms with Crippen LogP contribution < -0.4 is 14.5 Å². The second-order valence-corrected chi connectivity index (χ2v) is 10.2. The number of ether oxygens (including phenoxy) is 1. The SMILES string of the molecule is Cc1cc(OC(=O)[C@@H]2CC(=O)N(c3cc(Cl)ccc3Cl)C2)ccc1N1C(=O)[C@@H]2CCCC[C@H]2C1=O. The maximum absolute atomic E-state index is 12.9. The van der Waals surface area contributed by atoms with Crippen molar-refractivity contribution in [1.82, 2.24) is 0 Å². The molecule has 9 heteroatoms. The number of carbonyl (C=O) groups is 4. The minimum absolute atomic E-state index is 0.00169. The molecule has 3 aliphatic rings. The predicted octanol–water partition coefficient (Wildman–Crippen LogP) is 4.94. The molecule has 0 unspecified atom stereocenters. The Kier molecular flexibility index (Phi) is 6.32. The maximum atomic E-state index is 12.9. The van der Waals surface area contributed by atoms with Crippen molar-refractivity contribution in [2.24, 2.45) is 17.8 Å². The Labute approximate surface area is 212 Å². The normalized spacial score (nSPS) is 24.2. The molecule has 0 N–H and O–H groups in total. The number of esters is 1. The number of hydrogen-bond donors (Lipinski definition) is 0. The van der Waals surface area contributed by atoms with Crippen LogP contribution in [-0.4, -0.2) is 30.2 Å².